The lowest BCUT2D eigenvalue weighted by atomic mass is 9.84. The van der Waals surface area contributed by atoms with Crippen LogP contribution in [-0.2, 0) is 0 Å². The molecule has 0 aliphatic carbocycles. The van der Waals surface area contributed by atoms with Gasteiger partial charge in [-0.05, 0) is 53.1 Å². The van der Waals surface area contributed by atoms with E-state index in [9.17, 15) is 0 Å². The molecule has 0 spiro atoms. The van der Waals surface area contributed by atoms with Crippen LogP contribution >= 0.6 is 0 Å². The molecule has 34 heavy (non-hydrogen) atoms. The Kier molecular flexibility index (Phi) is 12.7. The molecule has 0 unspecified atom stereocenters. The minimum absolute atomic E-state index is 0. The van der Waals surface area contributed by atoms with Crippen molar-refractivity contribution in [2.75, 3.05) is 63.4 Å². The first-order chi connectivity index (χ1) is 14.3. The van der Waals surface area contributed by atoms with Crippen molar-refractivity contribution in [1.29, 1.82) is 0 Å². The normalized spacial score (nSPS) is 11.8. The van der Waals surface area contributed by atoms with E-state index in [2.05, 4.69) is 136 Å². The van der Waals surface area contributed by atoms with Gasteiger partial charge < -0.3 is 71.9 Å². The summed E-state index contributed by atoms with van der Waals surface area (Å²) in [5.41, 5.74) is 7.91. The molecule has 3 aromatic carbocycles. The third kappa shape index (κ3) is 8.40. The Labute approximate surface area is 259 Å². The molecule has 0 saturated carbocycles. The zero-order valence-corrected chi connectivity index (χ0v) is 28.5. The first kappa shape index (κ1) is 33.7. The summed E-state index contributed by atoms with van der Waals surface area (Å²) >= 11 is 0. The lowest BCUT2D eigenvalue weighted by Crippen LogP contribution is -3.00. The number of halogens is 3. The molecule has 0 bridgehead atoms. The summed E-state index contributed by atoms with van der Waals surface area (Å²) in [6.45, 7) is 0. The SMILES string of the molecule is C[N+](C)(C)c1ccc(C(c2ccc([N+](C)(C)C)cc2)c2ccc([N+](C)(C)C)cc2)cc1.[I-].[I-].[I-]. The van der Waals surface area contributed by atoms with Crippen molar-refractivity contribution in [1.82, 2.24) is 13.4 Å². The van der Waals surface area contributed by atoms with E-state index >= 15 is 0 Å². The Morgan fingerprint density at radius 3 is 0.676 bits per heavy atom. The van der Waals surface area contributed by atoms with E-state index in [0.29, 0.717) is 0 Å². The monoisotopic (exact) mass is 799 g/mol. The van der Waals surface area contributed by atoms with Crippen molar-refractivity contribution in [3.8, 4) is 0 Å². The van der Waals surface area contributed by atoms with Crippen LogP contribution in [0.1, 0.15) is 22.6 Å². The molecule has 3 aromatic rings. The van der Waals surface area contributed by atoms with Gasteiger partial charge in [-0.2, -0.15) is 0 Å². The van der Waals surface area contributed by atoms with E-state index < -0.39 is 0 Å². The highest BCUT2D eigenvalue weighted by atomic mass is 127. The Hall–Kier alpha value is -0.270. The van der Waals surface area contributed by atoms with E-state index in [-0.39, 0.29) is 77.8 Å². The maximum Gasteiger partial charge on any atom is 0.132 e. The molecule has 0 fully saturated rings. The van der Waals surface area contributed by atoms with Gasteiger partial charge in [-0.1, -0.05) is 36.4 Å². The number of benzene rings is 3. The molecule has 188 valence electrons. The molecule has 0 heterocycles. The van der Waals surface area contributed by atoms with Crippen molar-refractivity contribution in [3.05, 3.63) is 89.5 Å². The fraction of sp³-hybridized carbons (Fsp3) is 0.357. The van der Waals surface area contributed by atoms with Gasteiger partial charge in [0.25, 0.3) is 0 Å². The maximum atomic E-state index is 2.30. The Morgan fingerprint density at radius 1 is 0.353 bits per heavy atom. The molecule has 0 saturated heterocycles. The third-order valence-electron chi connectivity index (χ3n) is 6.00. The Balaban J connectivity index is 0.00000363. The van der Waals surface area contributed by atoms with Crippen LogP contribution in [0.15, 0.2) is 72.8 Å². The second kappa shape index (κ2) is 12.8. The minimum atomic E-state index is 0. The second-order valence-electron chi connectivity index (χ2n) is 11.2. The van der Waals surface area contributed by atoms with Crippen LogP contribution in [0, 0.1) is 0 Å². The minimum Gasteiger partial charge on any atom is -1.00 e. The molecular weight excluding hydrogens is 759 g/mol. The highest BCUT2D eigenvalue weighted by Gasteiger charge is 2.21. The van der Waals surface area contributed by atoms with E-state index in [1.165, 1.54) is 33.8 Å². The predicted octanol–water partition coefficient (Wildman–Crippen LogP) is -3.53. The van der Waals surface area contributed by atoms with Gasteiger partial charge in [0, 0.05) is 5.92 Å². The van der Waals surface area contributed by atoms with E-state index in [4.69, 9.17) is 0 Å². The van der Waals surface area contributed by atoms with Gasteiger partial charge in [0.05, 0.1) is 63.4 Å². The lowest BCUT2D eigenvalue weighted by Gasteiger charge is -2.27. The van der Waals surface area contributed by atoms with Crippen molar-refractivity contribution < 1.29 is 71.9 Å². The maximum absolute atomic E-state index is 2.30. The fourth-order valence-corrected chi connectivity index (χ4v) is 3.92. The molecule has 3 rings (SSSR count). The first-order valence-corrected chi connectivity index (χ1v) is 11.0. The van der Waals surface area contributed by atoms with Gasteiger partial charge in [-0.15, -0.1) is 0 Å². The third-order valence-corrected chi connectivity index (χ3v) is 6.00. The highest BCUT2D eigenvalue weighted by Crippen LogP contribution is 2.35. The zero-order chi connectivity index (χ0) is 23.0. The summed E-state index contributed by atoms with van der Waals surface area (Å²) in [6.07, 6.45) is 0. The van der Waals surface area contributed by atoms with Crippen LogP contribution in [0.3, 0.4) is 0 Å². The van der Waals surface area contributed by atoms with Crippen LogP contribution in [0.4, 0.5) is 17.1 Å². The smallest absolute Gasteiger partial charge is 0.132 e. The summed E-state index contributed by atoms with van der Waals surface area (Å²) in [5.74, 6) is 0.213. The second-order valence-corrected chi connectivity index (χ2v) is 11.2. The first-order valence-electron chi connectivity index (χ1n) is 11.0. The molecule has 0 amide bonds. The Morgan fingerprint density at radius 2 is 0.529 bits per heavy atom. The van der Waals surface area contributed by atoms with Gasteiger partial charge in [0.2, 0.25) is 0 Å². The van der Waals surface area contributed by atoms with Gasteiger partial charge in [0.15, 0.2) is 0 Å². The van der Waals surface area contributed by atoms with Crippen LogP contribution in [0.2, 0.25) is 0 Å². The molecule has 0 aliphatic heterocycles. The zero-order valence-electron chi connectivity index (χ0n) is 22.0. The van der Waals surface area contributed by atoms with Crippen molar-refractivity contribution in [2.24, 2.45) is 0 Å². The fourth-order valence-electron chi connectivity index (χ4n) is 3.92. The molecule has 0 radical (unpaired) electrons. The summed E-state index contributed by atoms with van der Waals surface area (Å²) in [6, 6.07) is 27.4. The molecule has 0 N–H and O–H groups in total. The number of hydrogen-bond donors (Lipinski definition) is 0. The molecular formula is C28H40I3N3. The van der Waals surface area contributed by atoms with Gasteiger partial charge in [0.1, 0.15) is 17.1 Å². The molecule has 6 heteroatoms. The topological polar surface area (TPSA) is 0 Å². The quantitative estimate of drug-likeness (QED) is 0.138. The number of hydrogen-bond acceptors (Lipinski definition) is 0. The van der Waals surface area contributed by atoms with Crippen molar-refractivity contribution in [3.63, 3.8) is 0 Å². The van der Waals surface area contributed by atoms with Crippen molar-refractivity contribution in [2.45, 2.75) is 5.92 Å². The average molecular weight is 799 g/mol. The van der Waals surface area contributed by atoms with E-state index in [1.807, 2.05) is 0 Å². The predicted molar refractivity (Wildman–Crippen MR) is 139 cm³/mol. The standard InChI is InChI=1S/C28H40N3.3HI/c1-29(2,3)25-16-10-22(11-17-25)28(23-12-18-26(19-13-23)30(4,5)6)24-14-20-27(21-15-24)31(7,8)9;;;/h10-21,28H,1-9H3;3*1H/q+3;;;/p-3. The summed E-state index contributed by atoms with van der Waals surface area (Å²) in [4.78, 5) is 0. The lowest BCUT2D eigenvalue weighted by molar-refractivity contribution is -0.00100. The molecule has 0 aliphatic rings. The van der Waals surface area contributed by atoms with E-state index in [0.717, 1.165) is 13.4 Å². The van der Waals surface area contributed by atoms with Crippen LogP contribution in [-0.4, -0.2) is 63.4 Å². The average Bonchev–Trinajstić information content (AvgIpc) is 2.67. The molecule has 0 aromatic heterocycles. The molecule has 3 nitrogen and oxygen atoms in total. The Bertz CT molecular complexity index is 873. The summed E-state index contributed by atoms with van der Waals surface area (Å²) in [5, 5.41) is 0. The number of nitrogens with zero attached hydrogens (tertiary/aromatic N) is 3. The summed E-state index contributed by atoms with van der Waals surface area (Å²) < 4.78 is 2.46. The number of rotatable bonds is 6. The van der Waals surface area contributed by atoms with Gasteiger partial charge in [-0.25, -0.2) is 0 Å². The largest absolute Gasteiger partial charge is 1.00 e. The van der Waals surface area contributed by atoms with Crippen molar-refractivity contribution >= 4 is 17.1 Å². The van der Waals surface area contributed by atoms with Crippen LogP contribution in [0.25, 0.3) is 0 Å². The molecule has 0 atom stereocenters. The van der Waals surface area contributed by atoms with Crippen LogP contribution in [0.5, 0.6) is 0 Å². The van der Waals surface area contributed by atoms with Crippen LogP contribution < -0.4 is 85.4 Å². The highest BCUT2D eigenvalue weighted by molar-refractivity contribution is 5.53. The number of quaternary nitrogens is 3. The van der Waals surface area contributed by atoms with Gasteiger partial charge in [-0.3, -0.25) is 13.4 Å². The van der Waals surface area contributed by atoms with E-state index in [1.54, 1.807) is 0 Å². The summed E-state index contributed by atoms with van der Waals surface area (Å²) in [7, 11) is 19.9. The van der Waals surface area contributed by atoms with Gasteiger partial charge >= 0.3 is 0 Å².